The highest BCUT2D eigenvalue weighted by molar-refractivity contribution is 5.95. The Kier molecular flexibility index (Phi) is 7.57. The Bertz CT molecular complexity index is 1230. The fraction of sp³-hybridized carbons (Fsp3) is 0.385. The van der Waals surface area contributed by atoms with Crippen LogP contribution in [0.5, 0.6) is 5.75 Å². The molecule has 34 heavy (non-hydrogen) atoms. The van der Waals surface area contributed by atoms with Gasteiger partial charge in [-0.3, -0.25) is 14.2 Å². The molecule has 0 radical (unpaired) electrons. The van der Waals surface area contributed by atoms with E-state index in [0.717, 1.165) is 49.2 Å². The minimum Gasteiger partial charge on any atom is -0.497 e. The number of aryl methyl sites for hydroxylation is 1. The number of amides is 1. The summed E-state index contributed by atoms with van der Waals surface area (Å²) in [6.45, 7) is 0.728. The number of aromatic nitrogens is 2. The third kappa shape index (κ3) is 5.62. The van der Waals surface area contributed by atoms with Gasteiger partial charge in [0.2, 0.25) is 0 Å². The Labute approximate surface area is 197 Å². The number of hydrogen-bond acceptors (Lipinski definition) is 6. The Morgan fingerprint density at radius 3 is 2.65 bits per heavy atom. The van der Waals surface area contributed by atoms with E-state index in [0.29, 0.717) is 30.4 Å². The van der Waals surface area contributed by atoms with Crippen molar-refractivity contribution in [2.45, 2.75) is 45.1 Å². The first-order valence-electron chi connectivity index (χ1n) is 11.7. The van der Waals surface area contributed by atoms with Crippen molar-refractivity contribution in [3.63, 3.8) is 0 Å². The number of benzene rings is 2. The second-order valence-electron chi connectivity index (χ2n) is 8.41. The standard InChI is InChI=1S/C26H29N3O5/c1-33-20-10-7-18(8-11-20)13-14-27-24(30)17-34-26(32)19-9-12-21-22(16-19)28-23-6-4-2-3-5-15-29(23)25(21)31/h7-12,16H,2-6,13-15,17H2,1H3,(H,27,30). The van der Waals surface area contributed by atoms with E-state index in [1.807, 2.05) is 24.3 Å². The van der Waals surface area contributed by atoms with E-state index in [1.165, 1.54) is 0 Å². The Morgan fingerprint density at radius 1 is 1.06 bits per heavy atom. The molecular formula is C26H29N3O5. The molecular weight excluding hydrogens is 434 g/mol. The maximum absolute atomic E-state index is 12.9. The third-order valence-electron chi connectivity index (χ3n) is 6.03. The molecule has 178 valence electrons. The molecule has 0 spiro atoms. The topological polar surface area (TPSA) is 99.5 Å². The van der Waals surface area contributed by atoms with Gasteiger partial charge in [-0.2, -0.15) is 0 Å². The third-order valence-corrected chi connectivity index (χ3v) is 6.03. The van der Waals surface area contributed by atoms with E-state index in [9.17, 15) is 14.4 Å². The maximum atomic E-state index is 12.9. The van der Waals surface area contributed by atoms with E-state index in [4.69, 9.17) is 9.47 Å². The summed E-state index contributed by atoms with van der Waals surface area (Å²) in [7, 11) is 1.61. The fourth-order valence-electron chi connectivity index (χ4n) is 4.13. The first-order chi connectivity index (χ1) is 16.5. The molecule has 8 heteroatoms. The van der Waals surface area contributed by atoms with Crippen molar-refractivity contribution in [1.82, 2.24) is 14.9 Å². The van der Waals surface area contributed by atoms with Gasteiger partial charge >= 0.3 is 5.97 Å². The monoisotopic (exact) mass is 463 g/mol. The number of carbonyl (C=O) groups is 2. The number of rotatable bonds is 7. The largest absolute Gasteiger partial charge is 0.497 e. The smallest absolute Gasteiger partial charge is 0.338 e. The summed E-state index contributed by atoms with van der Waals surface area (Å²) in [5, 5.41) is 3.23. The molecule has 1 aliphatic heterocycles. The predicted molar refractivity (Wildman–Crippen MR) is 128 cm³/mol. The van der Waals surface area contributed by atoms with Gasteiger partial charge in [0.1, 0.15) is 11.6 Å². The molecule has 0 saturated heterocycles. The van der Waals surface area contributed by atoms with Crippen LogP contribution in [0.15, 0.2) is 47.3 Å². The van der Waals surface area contributed by atoms with E-state index in [2.05, 4.69) is 10.3 Å². The highest BCUT2D eigenvalue weighted by atomic mass is 16.5. The lowest BCUT2D eigenvalue weighted by atomic mass is 10.1. The molecule has 0 unspecified atom stereocenters. The summed E-state index contributed by atoms with van der Waals surface area (Å²) < 4.78 is 12.1. The molecule has 0 aliphatic carbocycles. The molecule has 1 N–H and O–H groups in total. The van der Waals surface area contributed by atoms with E-state index in [1.54, 1.807) is 29.9 Å². The highest BCUT2D eigenvalue weighted by Crippen LogP contribution is 2.17. The number of nitrogens with one attached hydrogen (secondary N) is 1. The van der Waals surface area contributed by atoms with Gasteiger partial charge in [0.05, 0.1) is 23.6 Å². The molecule has 8 nitrogen and oxygen atoms in total. The minimum atomic E-state index is -0.624. The first-order valence-corrected chi connectivity index (χ1v) is 11.7. The van der Waals surface area contributed by atoms with Crippen LogP contribution in [0.4, 0.5) is 0 Å². The number of nitrogens with zero attached hydrogens (tertiary/aromatic N) is 2. The molecule has 4 rings (SSSR count). The van der Waals surface area contributed by atoms with Gasteiger partial charge in [-0.15, -0.1) is 0 Å². The molecule has 0 saturated carbocycles. The zero-order chi connectivity index (χ0) is 23.9. The van der Waals surface area contributed by atoms with Crippen molar-refractivity contribution in [3.05, 3.63) is 69.8 Å². The predicted octanol–water partition coefficient (Wildman–Crippen LogP) is 3.04. The van der Waals surface area contributed by atoms with E-state index >= 15 is 0 Å². The average Bonchev–Trinajstić information content (AvgIpc) is 2.84. The number of esters is 1. The van der Waals surface area contributed by atoms with Crippen molar-refractivity contribution in [3.8, 4) is 5.75 Å². The lowest BCUT2D eigenvalue weighted by Gasteiger charge is -2.16. The van der Waals surface area contributed by atoms with Gasteiger partial charge in [0, 0.05) is 19.5 Å². The molecule has 3 aromatic rings. The highest BCUT2D eigenvalue weighted by Gasteiger charge is 2.16. The van der Waals surface area contributed by atoms with E-state index in [-0.39, 0.29) is 23.6 Å². The molecule has 2 aromatic carbocycles. The summed E-state index contributed by atoms with van der Waals surface area (Å²) in [5.74, 6) is 0.542. The number of methoxy groups -OCH3 is 1. The summed E-state index contributed by atoms with van der Waals surface area (Å²) in [4.78, 5) is 42.2. The van der Waals surface area contributed by atoms with Crippen LogP contribution in [0.1, 0.15) is 47.4 Å². The van der Waals surface area contributed by atoms with Crippen LogP contribution >= 0.6 is 0 Å². The first kappa shape index (κ1) is 23.5. The van der Waals surface area contributed by atoms with Gasteiger partial charge in [-0.05, 0) is 55.2 Å². The minimum absolute atomic E-state index is 0.0712. The van der Waals surface area contributed by atoms with Crippen LogP contribution in [-0.4, -0.2) is 41.7 Å². The average molecular weight is 464 g/mol. The second kappa shape index (κ2) is 11.0. The van der Waals surface area contributed by atoms with Crippen molar-refractivity contribution < 1.29 is 19.1 Å². The molecule has 1 aromatic heterocycles. The SMILES string of the molecule is COc1ccc(CCNC(=O)COC(=O)c2ccc3c(=O)n4c(nc3c2)CCCCCC4)cc1. The van der Waals surface area contributed by atoms with Gasteiger partial charge in [-0.1, -0.05) is 25.0 Å². The number of hydrogen-bond donors (Lipinski definition) is 1. The molecule has 1 amide bonds. The number of fused-ring (bicyclic) bond motifs is 2. The summed E-state index contributed by atoms with van der Waals surface area (Å²) >= 11 is 0. The van der Waals surface area contributed by atoms with Crippen LogP contribution in [0.3, 0.4) is 0 Å². The number of ether oxygens (including phenoxy) is 2. The molecule has 0 bridgehead atoms. The van der Waals surface area contributed by atoms with Crippen LogP contribution in [0.25, 0.3) is 10.9 Å². The van der Waals surface area contributed by atoms with Crippen molar-refractivity contribution in [2.24, 2.45) is 0 Å². The number of carbonyl (C=O) groups excluding carboxylic acids is 2. The Balaban J connectivity index is 1.34. The van der Waals surface area contributed by atoms with Crippen LogP contribution in [-0.2, 0) is 28.9 Å². The lowest BCUT2D eigenvalue weighted by molar-refractivity contribution is -0.124. The van der Waals surface area contributed by atoms with Crippen LogP contribution < -0.4 is 15.6 Å². The van der Waals surface area contributed by atoms with Crippen LogP contribution in [0, 0.1) is 0 Å². The molecule has 2 heterocycles. The summed E-state index contributed by atoms with van der Waals surface area (Å²) in [6, 6.07) is 12.3. The Morgan fingerprint density at radius 2 is 1.85 bits per heavy atom. The molecule has 1 aliphatic rings. The van der Waals surface area contributed by atoms with E-state index < -0.39 is 5.97 Å². The quantitative estimate of drug-likeness (QED) is 0.541. The normalized spacial score (nSPS) is 13.4. The molecule has 0 atom stereocenters. The van der Waals surface area contributed by atoms with Gasteiger partial charge < -0.3 is 14.8 Å². The van der Waals surface area contributed by atoms with Crippen molar-refractivity contribution in [2.75, 3.05) is 20.3 Å². The van der Waals surface area contributed by atoms with Gasteiger partial charge in [0.25, 0.3) is 11.5 Å². The van der Waals surface area contributed by atoms with Gasteiger partial charge in [0.15, 0.2) is 6.61 Å². The maximum Gasteiger partial charge on any atom is 0.338 e. The van der Waals surface area contributed by atoms with Crippen LogP contribution in [0.2, 0.25) is 0 Å². The second-order valence-corrected chi connectivity index (χ2v) is 8.41. The van der Waals surface area contributed by atoms with Crippen molar-refractivity contribution in [1.29, 1.82) is 0 Å². The summed E-state index contributed by atoms with van der Waals surface area (Å²) in [5.41, 5.74) is 1.74. The molecule has 0 fully saturated rings. The zero-order valence-electron chi connectivity index (χ0n) is 19.3. The summed E-state index contributed by atoms with van der Waals surface area (Å²) in [6.07, 6.45) is 5.60. The van der Waals surface area contributed by atoms with Crippen molar-refractivity contribution >= 4 is 22.8 Å². The zero-order valence-corrected chi connectivity index (χ0v) is 19.3. The van der Waals surface area contributed by atoms with Gasteiger partial charge in [-0.25, -0.2) is 9.78 Å². The fourth-order valence-corrected chi connectivity index (χ4v) is 4.13. The Hall–Kier alpha value is -3.68. The lowest BCUT2D eigenvalue weighted by Crippen LogP contribution is -2.30.